The lowest BCUT2D eigenvalue weighted by atomic mass is 9.70. The summed E-state index contributed by atoms with van der Waals surface area (Å²) in [7, 11) is -3.78. The Morgan fingerprint density at radius 3 is 1.94 bits per heavy atom. The van der Waals surface area contributed by atoms with Crippen molar-refractivity contribution in [2.75, 3.05) is 19.8 Å². The Kier molecular flexibility index (Phi) is 10.4. The van der Waals surface area contributed by atoms with E-state index in [0.717, 1.165) is 6.42 Å². The van der Waals surface area contributed by atoms with Gasteiger partial charge in [-0.05, 0) is 55.5 Å². The van der Waals surface area contributed by atoms with Crippen LogP contribution >= 0.6 is 0 Å². The average Bonchev–Trinajstić information content (AvgIpc) is 2.62. The molecule has 3 unspecified atom stereocenters. The molecular formula is C24H48N2O5Si2. The zero-order valence-corrected chi connectivity index (χ0v) is 24.8. The van der Waals surface area contributed by atoms with Crippen LogP contribution in [0.5, 0.6) is 0 Å². The smallest absolute Gasteiger partial charge is 0.321 e. The number of hydrogen-bond donors (Lipinski definition) is 2. The Labute approximate surface area is 203 Å². The third kappa shape index (κ3) is 8.85. The van der Waals surface area contributed by atoms with Gasteiger partial charge in [-0.2, -0.15) is 0 Å². The highest BCUT2D eigenvalue weighted by Gasteiger charge is 2.46. The molecule has 1 aliphatic rings. The predicted octanol–water partition coefficient (Wildman–Crippen LogP) is 5.41. The monoisotopic (exact) mass is 500 g/mol. The van der Waals surface area contributed by atoms with Crippen LogP contribution in [0.25, 0.3) is 0 Å². The molecular weight excluding hydrogens is 452 g/mol. The Bertz CT molecular complexity index is 696. The molecule has 0 bridgehead atoms. The van der Waals surface area contributed by atoms with E-state index in [9.17, 15) is 9.59 Å². The highest BCUT2D eigenvalue weighted by atomic mass is 28.4. The van der Waals surface area contributed by atoms with Crippen molar-refractivity contribution in [3.63, 3.8) is 0 Å². The van der Waals surface area contributed by atoms with E-state index < -0.39 is 28.6 Å². The number of urea groups is 1. The molecule has 3 atom stereocenters. The molecule has 7 nitrogen and oxygen atoms in total. The molecule has 0 radical (unpaired) electrons. The molecule has 3 amide bonds. The van der Waals surface area contributed by atoms with Gasteiger partial charge in [0.1, 0.15) is 0 Å². The standard InChI is InChI=1S/C24H48N2O5Si2/c1-12-29-14-13-21(27)26-22(28)25-20-15-18(16-30-32(8,9)23(2,3)4)19(20)17-31-33(10,11)24(5,6)7/h13-14,18-20H,12,15-17H2,1-11H3,(H2,25,26,27,28). The van der Waals surface area contributed by atoms with Gasteiger partial charge in [-0.25, -0.2) is 4.79 Å². The molecule has 1 saturated carbocycles. The van der Waals surface area contributed by atoms with Gasteiger partial charge >= 0.3 is 6.03 Å². The van der Waals surface area contributed by atoms with E-state index in [1.54, 1.807) is 0 Å². The Hall–Kier alpha value is -1.17. The first-order valence-electron chi connectivity index (χ1n) is 12.1. The normalized spacial score (nSPS) is 22.1. The minimum absolute atomic E-state index is 0.0496. The van der Waals surface area contributed by atoms with E-state index in [0.29, 0.717) is 25.7 Å². The topological polar surface area (TPSA) is 85.9 Å². The van der Waals surface area contributed by atoms with Crippen LogP contribution in [-0.4, -0.2) is 54.4 Å². The quantitative estimate of drug-likeness (QED) is 0.238. The summed E-state index contributed by atoms with van der Waals surface area (Å²) < 4.78 is 18.0. The van der Waals surface area contributed by atoms with E-state index in [2.05, 4.69) is 78.4 Å². The molecule has 1 aliphatic carbocycles. The summed E-state index contributed by atoms with van der Waals surface area (Å²) in [4.78, 5) is 24.2. The molecule has 0 aliphatic heterocycles. The molecule has 192 valence electrons. The molecule has 0 heterocycles. The number of carbonyl (C=O) groups excluding carboxylic acids is 2. The molecule has 9 heteroatoms. The van der Waals surface area contributed by atoms with Crippen LogP contribution in [0.1, 0.15) is 54.9 Å². The van der Waals surface area contributed by atoms with E-state index >= 15 is 0 Å². The summed E-state index contributed by atoms with van der Waals surface area (Å²) >= 11 is 0. The second-order valence-electron chi connectivity index (χ2n) is 12.1. The number of imide groups is 1. The summed E-state index contributed by atoms with van der Waals surface area (Å²) in [6.07, 6.45) is 3.31. The zero-order valence-electron chi connectivity index (χ0n) is 22.8. The van der Waals surface area contributed by atoms with E-state index in [1.165, 1.54) is 12.3 Å². The van der Waals surface area contributed by atoms with Gasteiger partial charge in [-0.1, -0.05) is 41.5 Å². The molecule has 0 saturated heterocycles. The lowest BCUT2D eigenvalue weighted by Crippen LogP contribution is -2.59. The van der Waals surface area contributed by atoms with Crippen molar-refractivity contribution in [3.05, 3.63) is 12.3 Å². The highest BCUT2D eigenvalue weighted by Crippen LogP contribution is 2.42. The fourth-order valence-electron chi connectivity index (χ4n) is 3.04. The van der Waals surface area contributed by atoms with Gasteiger partial charge in [-0.15, -0.1) is 0 Å². The maximum Gasteiger partial charge on any atom is 0.321 e. The second-order valence-corrected chi connectivity index (χ2v) is 21.7. The van der Waals surface area contributed by atoms with Crippen LogP contribution < -0.4 is 10.6 Å². The third-order valence-electron chi connectivity index (χ3n) is 7.62. The van der Waals surface area contributed by atoms with Crippen LogP contribution in [0, 0.1) is 11.8 Å². The SMILES string of the molecule is CCOC=CC(=O)NC(=O)NC1CC(CO[Si](C)(C)C(C)(C)C)C1CO[Si](C)(C)C(C)(C)C. The molecule has 0 aromatic heterocycles. The van der Waals surface area contributed by atoms with Crippen molar-refractivity contribution in [2.45, 2.75) is 97.2 Å². The van der Waals surface area contributed by atoms with E-state index in [1.807, 2.05) is 6.92 Å². The van der Waals surface area contributed by atoms with Gasteiger partial charge in [0.05, 0.1) is 12.9 Å². The summed E-state index contributed by atoms with van der Waals surface area (Å²) in [6.45, 7) is 26.0. The van der Waals surface area contributed by atoms with Crippen LogP contribution in [0.15, 0.2) is 12.3 Å². The largest absolute Gasteiger partial charge is 0.501 e. The third-order valence-corrected chi connectivity index (χ3v) is 16.6. The predicted molar refractivity (Wildman–Crippen MR) is 139 cm³/mol. The van der Waals surface area contributed by atoms with Gasteiger partial charge in [0.2, 0.25) is 0 Å². The number of hydrogen-bond acceptors (Lipinski definition) is 5. The fourth-order valence-corrected chi connectivity index (χ4v) is 5.14. The van der Waals surface area contributed by atoms with Gasteiger partial charge in [0.15, 0.2) is 16.6 Å². The first kappa shape index (κ1) is 29.9. The number of nitrogens with one attached hydrogen (secondary N) is 2. The van der Waals surface area contributed by atoms with Gasteiger partial charge < -0.3 is 18.9 Å². The summed E-state index contributed by atoms with van der Waals surface area (Å²) in [5.41, 5.74) is 0. The van der Waals surface area contributed by atoms with Crippen LogP contribution in [0.2, 0.25) is 36.3 Å². The average molecular weight is 501 g/mol. The summed E-state index contributed by atoms with van der Waals surface area (Å²) in [6, 6.07) is -0.543. The molecule has 1 fully saturated rings. The van der Waals surface area contributed by atoms with Crippen molar-refractivity contribution in [1.29, 1.82) is 0 Å². The summed E-state index contributed by atoms with van der Waals surface area (Å²) in [5, 5.41) is 5.56. The van der Waals surface area contributed by atoms with Crippen molar-refractivity contribution < 1.29 is 23.2 Å². The van der Waals surface area contributed by atoms with Crippen molar-refractivity contribution >= 4 is 28.6 Å². The van der Waals surface area contributed by atoms with Crippen molar-refractivity contribution in [1.82, 2.24) is 10.6 Å². The van der Waals surface area contributed by atoms with Crippen LogP contribution in [0.4, 0.5) is 4.79 Å². The Balaban J connectivity index is 2.80. The maximum atomic E-state index is 12.4. The van der Waals surface area contributed by atoms with Crippen LogP contribution in [-0.2, 0) is 18.4 Å². The Morgan fingerprint density at radius 2 is 1.45 bits per heavy atom. The van der Waals surface area contributed by atoms with Crippen molar-refractivity contribution in [3.8, 4) is 0 Å². The van der Waals surface area contributed by atoms with Crippen molar-refractivity contribution in [2.24, 2.45) is 11.8 Å². The van der Waals surface area contributed by atoms with Gasteiger partial charge in [0, 0.05) is 31.2 Å². The van der Waals surface area contributed by atoms with Gasteiger partial charge in [-0.3, -0.25) is 10.1 Å². The fraction of sp³-hybridized carbons (Fsp3) is 0.833. The second kappa shape index (κ2) is 11.5. The number of carbonyl (C=O) groups is 2. The maximum absolute atomic E-state index is 12.4. The van der Waals surface area contributed by atoms with Gasteiger partial charge in [0.25, 0.3) is 5.91 Å². The lowest BCUT2D eigenvalue weighted by molar-refractivity contribution is -0.115. The highest BCUT2D eigenvalue weighted by molar-refractivity contribution is 6.74. The first-order chi connectivity index (χ1) is 14.9. The lowest BCUT2D eigenvalue weighted by Gasteiger charge is -2.48. The molecule has 2 N–H and O–H groups in total. The molecule has 0 aromatic carbocycles. The number of amides is 3. The molecule has 0 aromatic rings. The first-order valence-corrected chi connectivity index (χ1v) is 17.9. The molecule has 0 spiro atoms. The zero-order chi connectivity index (χ0) is 25.7. The molecule has 33 heavy (non-hydrogen) atoms. The van der Waals surface area contributed by atoms with E-state index in [-0.39, 0.29) is 22.0 Å². The van der Waals surface area contributed by atoms with E-state index in [4.69, 9.17) is 13.6 Å². The number of rotatable bonds is 10. The Morgan fingerprint density at radius 1 is 0.939 bits per heavy atom. The summed E-state index contributed by atoms with van der Waals surface area (Å²) in [5.74, 6) is -0.0291. The minimum atomic E-state index is -1.92. The van der Waals surface area contributed by atoms with Crippen LogP contribution in [0.3, 0.4) is 0 Å². The minimum Gasteiger partial charge on any atom is -0.501 e. The number of ether oxygens (including phenoxy) is 1. The molecule has 1 rings (SSSR count).